The van der Waals surface area contributed by atoms with E-state index in [9.17, 15) is 0 Å². The molecule has 1 N–H and O–H groups in total. The summed E-state index contributed by atoms with van der Waals surface area (Å²) in [4.78, 5) is 0. The third-order valence-electron chi connectivity index (χ3n) is 3.52. The monoisotopic (exact) mass is 285 g/mol. The van der Waals surface area contributed by atoms with E-state index in [4.69, 9.17) is 9.26 Å². The van der Waals surface area contributed by atoms with Crippen LogP contribution in [-0.4, -0.2) is 30.0 Å². The van der Waals surface area contributed by atoms with E-state index in [2.05, 4.69) is 45.5 Å². The standard InChI is InChI=1S/C16H19N3O2/c1-20-10-8-17-11-13-3-2-4-16-15(13)6-9-19(16)12-14-5-7-18-21-14/h2-7,9,17H,8,10-12H2,1H3. The molecule has 0 fully saturated rings. The SMILES string of the molecule is COCCNCc1cccc2c1ccn2Cc1ccno1. The topological polar surface area (TPSA) is 52.2 Å². The molecular formula is C16H19N3O2. The summed E-state index contributed by atoms with van der Waals surface area (Å²) in [6.07, 6.45) is 3.76. The molecule has 0 atom stereocenters. The van der Waals surface area contributed by atoms with Crippen molar-refractivity contribution in [2.24, 2.45) is 0 Å². The van der Waals surface area contributed by atoms with Crippen LogP contribution < -0.4 is 5.32 Å². The lowest BCUT2D eigenvalue weighted by molar-refractivity contribution is 0.199. The van der Waals surface area contributed by atoms with Crippen LogP contribution in [-0.2, 0) is 17.8 Å². The number of fused-ring (bicyclic) bond motifs is 1. The fraction of sp³-hybridized carbons (Fsp3) is 0.312. The Hall–Kier alpha value is -2.11. The molecule has 21 heavy (non-hydrogen) atoms. The van der Waals surface area contributed by atoms with E-state index in [1.807, 2.05) is 6.07 Å². The van der Waals surface area contributed by atoms with Crippen molar-refractivity contribution >= 4 is 10.9 Å². The first-order chi connectivity index (χ1) is 10.4. The van der Waals surface area contributed by atoms with Gasteiger partial charge in [0, 0.05) is 43.4 Å². The zero-order valence-corrected chi connectivity index (χ0v) is 12.1. The number of rotatable bonds is 7. The molecule has 3 rings (SSSR count). The normalized spacial score (nSPS) is 11.3. The van der Waals surface area contributed by atoms with Crippen LogP contribution >= 0.6 is 0 Å². The van der Waals surface area contributed by atoms with Crippen LogP contribution in [0.1, 0.15) is 11.3 Å². The van der Waals surface area contributed by atoms with E-state index >= 15 is 0 Å². The van der Waals surface area contributed by atoms with Gasteiger partial charge in [0.2, 0.25) is 0 Å². The van der Waals surface area contributed by atoms with Gasteiger partial charge in [0.1, 0.15) is 0 Å². The van der Waals surface area contributed by atoms with E-state index in [1.54, 1.807) is 13.3 Å². The van der Waals surface area contributed by atoms with E-state index in [0.29, 0.717) is 6.54 Å². The van der Waals surface area contributed by atoms with Crippen LogP contribution in [0.25, 0.3) is 10.9 Å². The number of benzene rings is 1. The number of hydrogen-bond donors (Lipinski definition) is 1. The maximum Gasteiger partial charge on any atom is 0.156 e. The Kier molecular flexibility index (Phi) is 4.33. The second-order valence-corrected chi connectivity index (χ2v) is 4.94. The smallest absolute Gasteiger partial charge is 0.156 e. The summed E-state index contributed by atoms with van der Waals surface area (Å²) in [6, 6.07) is 10.4. The van der Waals surface area contributed by atoms with Crippen molar-refractivity contribution in [3.8, 4) is 0 Å². The third-order valence-corrected chi connectivity index (χ3v) is 3.52. The van der Waals surface area contributed by atoms with Gasteiger partial charge in [-0.2, -0.15) is 0 Å². The minimum absolute atomic E-state index is 0.698. The van der Waals surface area contributed by atoms with Gasteiger partial charge in [0.15, 0.2) is 5.76 Å². The van der Waals surface area contributed by atoms with Gasteiger partial charge in [-0.15, -0.1) is 0 Å². The van der Waals surface area contributed by atoms with Gasteiger partial charge in [0.25, 0.3) is 0 Å². The third kappa shape index (κ3) is 3.15. The molecular weight excluding hydrogens is 266 g/mol. The summed E-state index contributed by atoms with van der Waals surface area (Å²) in [7, 11) is 1.71. The zero-order chi connectivity index (χ0) is 14.5. The fourth-order valence-corrected chi connectivity index (χ4v) is 2.47. The van der Waals surface area contributed by atoms with Crippen LogP contribution in [0.5, 0.6) is 0 Å². The van der Waals surface area contributed by atoms with Gasteiger partial charge in [-0.1, -0.05) is 17.3 Å². The van der Waals surface area contributed by atoms with Gasteiger partial charge in [-0.3, -0.25) is 0 Å². The Bertz CT molecular complexity index is 689. The van der Waals surface area contributed by atoms with Gasteiger partial charge < -0.3 is 19.1 Å². The summed E-state index contributed by atoms with van der Waals surface area (Å²) >= 11 is 0. The lowest BCUT2D eigenvalue weighted by atomic mass is 10.1. The predicted octanol–water partition coefficient (Wildman–Crippen LogP) is 2.41. The molecule has 0 spiro atoms. The first kappa shape index (κ1) is 13.9. The van der Waals surface area contributed by atoms with Crippen LogP contribution in [0.15, 0.2) is 47.2 Å². The minimum atomic E-state index is 0.698. The predicted molar refractivity (Wildman–Crippen MR) is 81.1 cm³/mol. The summed E-state index contributed by atoms with van der Waals surface area (Å²) < 4.78 is 12.4. The van der Waals surface area contributed by atoms with Crippen molar-refractivity contribution in [1.29, 1.82) is 0 Å². The Labute approximate surface area is 123 Å². The molecule has 0 saturated carbocycles. The molecule has 0 radical (unpaired) electrons. The van der Waals surface area contributed by atoms with Crippen LogP contribution in [0, 0.1) is 0 Å². The van der Waals surface area contributed by atoms with Gasteiger partial charge in [0.05, 0.1) is 19.3 Å². The number of hydrogen-bond acceptors (Lipinski definition) is 4. The van der Waals surface area contributed by atoms with Crippen LogP contribution in [0.4, 0.5) is 0 Å². The number of aromatic nitrogens is 2. The number of nitrogens with one attached hydrogen (secondary N) is 1. The van der Waals surface area contributed by atoms with E-state index in [0.717, 1.165) is 25.5 Å². The van der Waals surface area contributed by atoms with Gasteiger partial charge in [-0.05, 0) is 17.7 Å². The van der Waals surface area contributed by atoms with Crippen molar-refractivity contribution in [3.63, 3.8) is 0 Å². The number of nitrogens with zero attached hydrogens (tertiary/aromatic N) is 2. The average Bonchev–Trinajstić information content (AvgIpc) is 3.15. The Morgan fingerprint density at radius 2 is 2.24 bits per heavy atom. The molecule has 0 aliphatic heterocycles. The van der Waals surface area contributed by atoms with Crippen LogP contribution in [0.3, 0.4) is 0 Å². The molecule has 5 nitrogen and oxygen atoms in total. The maximum atomic E-state index is 5.18. The molecule has 0 bridgehead atoms. The van der Waals surface area contributed by atoms with Gasteiger partial charge in [-0.25, -0.2) is 0 Å². The quantitative estimate of drug-likeness (QED) is 0.677. The molecule has 0 saturated heterocycles. The van der Waals surface area contributed by atoms with E-state index in [1.165, 1.54) is 16.5 Å². The van der Waals surface area contributed by atoms with Gasteiger partial charge >= 0.3 is 0 Å². The lowest BCUT2D eigenvalue weighted by Gasteiger charge is -2.07. The Morgan fingerprint density at radius 1 is 1.29 bits per heavy atom. The minimum Gasteiger partial charge on any atom is -0.383 e. The summed E-state index contributed by atoms with van der Waals surface area (Å²) in [5.41, 5.74) is 2.50. The summed E-state index contributed by atoms with van der Waals surface area (Å²) in [5.74, 6) is 0.858. The van der Waals surface area contributed by atoms with Crippen molar-refractivity contribution in [2.75, 3.05) is 20.3 Å². The average molecular weight is 285 g/mol. The molecule has 0 amide bonds. The molecule has 0 aliphatic carbocycles. The highest BCUT2D eigenvalue weighted by Crippen LogP contribution is 2.21. The second kappa shape index (κ2) is 6.56. The highest BCUT2D eigenvalue weighted by atomic mass is 16.5. The largest absolute Gasteiger partial charge is 0.383 e. The van der Waals surface area contributed by atoms with Crippen molar-refractivity contribution in [1.82, 2.24) is 15.0 Å². The van der Waals surface area contributed by atoms with E-state index in [-0.39, 0.29) is 0 Å². The van der Waals surface area contributed by atoms with Crippen molar-refractivity contribution in [3.05, 3.63) is 54.0 Å². The highest BCUT2D eigenvalue weighted by Gasteiger charge is 2.07. The molecule has 5 heteroatoms. The molecule has 0 unspecified atom stereocenters. The number of ether oxygens (including phenoxy) is 1. The first-order valence-electron chi connectivity index (χ1n) is 7.04. The fourth-order valence-electron chi connectivity index (χ4n) is 2.47. The lowest BCUT2D eigenvalue weighted by Crippen LogP contribution is -2.18. The molecule has 110 valence electrons. The Balaban J connectivity index is 1.79. The number of methoxy groups -OCH3 is 1. The molecule has 2 aromatic heterocycles. The van der Waals surface area contributed by atoms with Crippen molar-refractivity contribution < 1.29 is 9.26 Å². The first-order valence-corrected chi connectivity index (χ1v) is 7.04. The second-order valence-electron chi connectivity index (χ2n) is 4.94. The summed E-state index contributed by atoms with van der Waals surface area (Å²) in [6.45, 7) is 3.12. The molecule has 3 aromatic rings. The molecule has 1 aromatic carbocycles. The maximum absolute atomic E-state index is 5.18. The Morgan fingerprint density at radius 3 is 3.05 bits per heavy atom. The zero-order valence-electron chi connectivity index (χ0n) is 12.1. The summed E-state index contributed by atoms with van der Waals surface area (Å²) in [5, 5.41) is 8.40. The van der Waals surface area contributed by atoms with Crippen LogP contribution in [0.2, 0.25) is 0 Å². The molecule has 0 aliphatic rings. The van der Waals surface area contributed by atoms with E-state index < -0.39 is 0 Å². The van der Waals surface area contributed by atoms with Crippen molar-refractivity contribution in [2.45, 2.75) is 13.1 Å². The molecule has 2 heterocycles. The highest BCUT2D eigenvalue weighted by molar-refractivity contribution is 5.83.